The number of ether oxygens (including phenoxy) is 4. The number of para-hydroxylation sites is 2. The lowest BCUT2D eigenvalue weighted by atomic mass is 10.2. The molecule has 1 N–H and O–H groups in total. The standard InChI is InChI=1S/C18H17F2NO6/c1-24-11-7-8-12(17(23)25-2)15(9-11)26-10-16(22)21-13-5-3-4-6-14(13)27-18(19)20/h3-9,18H,10H2,1-2H3,(H,21,22). The van der Waals surface area contributed by atoms with Crippen LogP contribution in [0, 0.1) is 0 Å². The Morgan fingerprint density at radius 1 is 1.07 bits per heavy atom. The van der Waals surface area contributed by atoms with Crippen LogP contribution in [0.3, 0.4) is 0 Å². The van der Waals surface area contributed by atoms with E-state index in [1.807, 2.05) is 0 Å². The number of hydrogen-bond acceptors (Lipinski definition) is 6. The molecule has 0 fully saturated rings. The van der Waals surface area contributed by atoms with Crippen LogP contribution in [0.15, 0.2) is 42.5 Å². The number of carbonyl (C=O) groups excluding carboxylic acids is 2. The van der Waals surface area contributed by atoms with Crippen LogP contribution in [-0.2, 0) is 9.53 Å². The molecule has 0 aliphatic rings. The molecule has 7 nitrogen and oxygen atoms in total. The van der Waals surface area contributed by atoms with E-state index in [4.69, 9.17) is 9.47 Å². The first kappa shape index (κ1) is 20.0. The number of alkyl halides is 2. The topological polar surface area (TPSA) is 83.1 Å². The fraction of sp³-hybridized carbons (Fsp3) is 0.222. The Hall–Kier alpha value is -3.36. The van der Waals surface area contributed by atoms with Crippen molar-refractivity contribution in [3.05, 3.63) is 48.0 Å². The van der Waals surface area contributed by atoms with Gasteiger partial charge >= 0.3 is 12.6 Å². The van der Waals surface area contributed by atoms with Gasteiger partial charge in [-0.2, -0.15) is 8.78 Å². The van der Waals surface area contributed by atoms with Crippen molar-refractivity contribution in [3.8, 4) is 17.2 Å². The number of carbonyl (C=O) groups is 2. The minimum absolute atomic E-state index is 0.0604. The zero-order valence-electron chi connectivity index (χ0n) is 14.5. The minimum Gasteiger partial charge on any atom is -0.497 e. The molecular formula is C18H17F2NO6. The molecule has 1 amide bonds. The van der Waals surface area contributed by atoms with Crippen molar-refractivity contribution in [2.45, 2.75) is 6.61 Å². The highest BCUT2D eigenvalue weighted by Crippen LogP contribution is 2.27. The quantitative estimate of drug-likeness (QED) is 0.708. The molecule has 0 saturated carbocycles. The number of hydrogen-bond donors (Lipinski definition) is 1. The highest BCUT2D eigenvalue weighted by Gasteiger charge is 2.16. The zero-order chi connectivity index (χ0) is 19.8. The number of methoxy groups -OCH3 is 2. The van der Waals surface area contributed by atoms with Crippen molar-refractivity contribution >= 4 is 17.6 Å². The van der Waals surface area contributed by atoms with E-state index in [9.17, 15) is 18.4 Å². The van der Waals surface area contributed by atoms with Gasteiger partial charge in [0.1, 0.15) is 22.8 Å². The smallest absolute Gasteiger partial charge is 0.387 e. The predicted octanol–water partition coefficient (Wildman–Crippen LogP) is 3.10. The first-order chi connectivity index (χ1) is 12.9. The van der Waals surface area contributed by atoms with Crippen molar-refractivity contribution in [2.24, 2.45) is 0 Å². The summed E-state index contributed by atoms with van der Waals surface area (Å²) in [6, 6.07) is 10.1. The zero-order valence-corrected chi connectivity index (χ0v) is 14.5. The number of anilines is 1. The van der Waals surface area contributed by atoms with E-state index in [1.165, 1.54) is 50.6 Å². The molecule has 0 aromatic heterocycles. The second-order valence-electron chi connectivity index (χ2n) is 5.07. The summed E-state index contributed by atoms with van der Waals surface area (Å²) in [6.07, 6.45) is 0. The van der Waals surface area contributed by atoms with E-state index in [0.29, 0.717) is 5.75 Å². The molecule has 0 unspecified atom stereocenters. The molecule has 2 aromatic rings. The second kappa shape index (κ2) is 9.37. The normalized spacial score (nSPS) is 10.3. The molecule has 2 aromatic carbocycles. The fourth-order valence-electron chi connectivity index (χ4n) is 2.13. The van der Waals surface area contributed by atoms with Crippen molar-refractivity contribution < 1.29 is 37.3 Å². The Kier molecular flexibility index (Phi) is 6.93. The number of halogens is 2. The molecule has 27 heavy (non-hydrogen) atoms. The van der Waals surface area contributed by atoms with Crippen LogP contribution in [-0.4, -0.2) is 39.3 Å². The molecule has 9 heteroatoms. The average Bonchev–Trinajstić information content (AvgIpc) is 2.66. The SMILES string of the molecule is COC(=O)c1ccc(OC)cc1OCC(=O)Nc1ccccc1OC(F)F. The van der Waals surface area contributed by atoms with Gasteiger partial charge < -0.3 is 24.3 Å². The summed E-state index contributed by atoms with van der Waals surface area (Å²) in [5, 5.41) is 2.41. The molecule has 0 aliphatic heterocycles. The maximum atomic E-state index is 12.4. The Labute approximate surface area is 153 Å². The van der Waals surface area contributed by atoms with Gasteiger partial charge in [0.05, 0.1) is 19.9 Å². The third-order valence-electron chi connectivity index (χ3n) is 3.33. The van der Waals surface area contributed by atoms with Gasteiger partial charge in [-0.05, 0) is 24.3 Å². The predicted molar refractivity (Wildman–Crippen MR) is 91.5 cm³/mol. The Morgan fingerprint density at radius 2 is 1.81 bits per heavy atom. The molecule has 0 heterocycles. The average molecular weight is 381 g/mol. The molecule has 0 saturated heterocycles. The van der Waals surface area contributed by atoms with E-state index < -0.39 is 25.1 Å². The van der Waals surface area contributed by atoms with E-state index in [1.54, 1.807) is 6.07 Å². The molecule has 144 valence electrons. The van der Waals surface area contributed by atoms with E-state index in [2.05, 4.69) is 14.8 Å². The maximum Gasteiger partial charge on any atom is 0.387 e. The van der Waals surface area contributed by atoms with Crippen LogP contribution in [0.25, 0.3) is 0 Å². The van der Waals surface area contributed by atoms with Crippen molar-refractivity contribution in [1.82, 2.24) is 0 Å². The molecule has 2 rings (SSSR count). The van der Waals surface area contributed by atoms with E-state index in [-0.39, 0.29) is 22.7 Å². The monoisotopic (exact) mass is 381 g/mol. The van der Waals surface area contributed by atoms with Crippen LogP contribution in [0.4, 0.5) is 14.5 Å². The number of amides is 1. The lowest BCUT2D eigenvalue weighted by Gasteiger charge is -2.13. The number of benzene rings is 2. The maximum absolute atomic E-state index is 12.4. The Morgan fingerprint density at radius 3 is 2.48 bits per heavy atom. The van der Waals surface area contributed by atoms with Crippen LogP contribution in [0.2, 0.25) is 0 Å². The highest BCUT2D eigenvalue weighted by atomic mass is 19.3. The fourth-order valence-corrected chi connectivity index (χ4v) is 2.13. The van der Waals surface area contributed by atoms with Crippen LogP contribution in [0.5, 0.6) is 17.2 Å². The van der Waals surface area contributed by atoms with Crippen molar-refractivity contribution in [2.75, 3.05) is 26.1 Å². The molecule has 0 radical (unpaired) electrons. The van der Waals surface area contributed by atoms with Gasteiger partial charge in [-0.1, -0.05) is 12.1 Å². The third kappa shape index (κ3) is 5.56. The largest absolute Gasteiger partial charge is 0.497 e. The van der Waals surface area contributed by atoms with E-state index >= 15 is 0 Å². The highest BCUT2D eigenvalue weighted by molar-refractivity contribution is 5.94. The molecule has 0 bridgehead atoms. The Bertz CT molecular complexity index is 812. The van der Waals surface area contributed by atoms with Gasteiger partial charge in [0.25, 0.3) is 5.91 Å². The summed E-state index contributed by atoms with van der Waals surface area (Å²) >= 11 is 0. The Balaban J connectivity index is 2.09. The first-order valence-corrected chi connectivity index (χ1v) is 7.67. The second-order valence-corrected chi connectivity index (χ2v) is 5.07. The van der Waals surface area contributed by atoms with Crippen LogP contribution in [0.1, 0.15) is 10.4 Å². The number of rotatable bonds is 8. The molecule has 0 aliphatic carbocycles. The summed E-state index contributed by atoms with van der Waals surface area (Å²) in [5.74, 6) is -0.984. The summed E-state index contributed by atoms with van der Waals surface area (Å²) in [4.78, 5) is 23.9. The summed E-state index contributed by atoms with van der Waals surface area (Å²) in [6.45, 7) is -3.51. The van der Waals surface area contributed by atoms with Gasteiger partial charge in [-0.25, -0.2) is 4.79 Å². The lowest BCUT2D eigenvalue weighted by Crippen LogP contribution is -2.21. The number of esters is 1. The minimum atomic E-state index is -3.03. The third-order valence-corrected chi connectivity index (χ3v) is 3.33. The van der Waals surface area contributed by atoms with Crippen LogP contribution >= 0.6 is 0 Å². The molecular weight excluding hydrogens is 364 g/mol. The van der Waals surface area contributed by atoms with Gasteiger partial charge in [-0.15, -0.1) is 0 Å². The first-order valence-electron chi connectivity index (χ1n) is 7.67. The number of nitrogens with one attached hydrogen (secondary N) is 1. The van der Waals surface area contributed by atoms with Gasteiger partial charge in [0.15, 0.2) is 6.61 Å². The van der Waals surface area contributed by atoms with Crippen LogP contribution < -0.4 is 19.5 Å². The van der Waals surface area contributed by atoms with Gasteiger partial charge in [-0.3, -0.25) is 4.79 Å². The summed E-state index contributed by atoms with van der Waals surface area (Å²) < 4.78 is 44.3. The van der Waals surface area contributed by atoms with Gasteiger partial charge in [0, 0.05) is 6.07 Å². The lowest BCUT2D eigenvalue weighted by molar-refractivity contribution is -0.118. The molecule has 0 spiro atoms. The summed E-state index contributed by atoms with van der Waals surface area (Å²) in [5.41, 5.74) is 0.165. The van der Waals surface area contributed by atoms with E-state index in [0.717, 1.165) is 0 Å². The van der Waals surface area contributed by atoms with Crippen molar-refractivity contribution in [1.29, 1.82) is 0 Å². The van der Waals surface area contributed by atoms with Crippen molar-refractivity contribution in [3.63, 3.8) is 0 Å². The summed E-state index contributed by atoms with van der Waals surface area (Å²) in [7, 11) is 2.65. The molecule has 0 atom stereocenters. The van der Waals surface area contributed by atoms with Gasteiger partial charge in [0.2, 0.25) is 0 Å².